The summed E-state index contributed by atoms with van der Waals surface area (Å²) in [5, 5.41) is 11.2. The fraction of sp³-hybridized carbons (Fsp3) is 0.333. The van der Waals surface area contributed by atoms with Crippen LogP contribution >= 0.6 is 0 Å². The van der Waals surface area contributed by atoms with Gasteiger partial charge in [0.05, 0.1) is 12.0 Å². The van der Waals surface area contributed by atoms with E-state index < -0.39 is 36.1 Å². The Bertz CT molecular complexity index is 555. The van der Waals surface area contributed by atoms with Crippen molar-refractivity contribution in [1.29, 1.82) is 0 Å². The minimum absolute atomic E-state index is 0.130. The summed E-state index contributed by atoms with van der Waals surface area (Å²) in [4.78, 5) is 22.8. The highest BCUT2D eigenvalue weighted by molar-refractivity contribution is 5.85. The second kappa shape index (κ2) is 7.63. The Morgan fingerprint density at radius 2 is 1.95 bits per heavy atom. The van der Waals surface area contributed by atoms with Crippen molar-refractivity contribution in [2.45, 2.75) is 31.5 Å². The highest BCUT2D eigenvalue weighted by Gasteiger charge is 2.33. The zero-order valence-electron chi connectivity index (χ0n) is 11.7. The van der Waals surface area contributed by atoms with E-state index in [1.54, 1.807) is 0 Å². The zero-order chi connectivity index (χ0) is 16.8. The molecule has 1 rings (SSSR count). The van der Waals surface area contributed by atoms with Crippen molar-refractivity contribution in [3.05, 3.63) is 48.0 Å². The van der Waals surface area contributed by atoms with E-state index in [0.29, 0.717) is 6.42 Å². The summed E-state index contributed by atoms with van der Waals surface area (Å²) in [6, 6.07) is 3.55. The first-order valence-electron chi connectivity index (χ1n) is 6.54. The number of carbonyl (C=O) groups is 2. The van der Waals surface area contributed by atoms with Crippen LogP contribution in [0.15, 0.2) is 36.9 Å². The number of halogens is 3. The first-order valence-corrected chi connectivity index (χ1v) is 6.54. The SMILES string of the molecule is C=CCCC(NC(=O)Cc1ccccc1C(F)(F)F)C(=O)O. The summed E-state index contributed by atoms with van der Waals surface area (Å²) >= 11 is 0. The van der Waals surface area contributed by atoms with Gasteiger partial charge in [0.1, 0.15) is 6.04 Å². The van der Waals surface area contributed by atoms with Crippen LogP contribution in [0.2, 0.25) is 0 Å². The van der Waals surface area contributed by atoms with Gasteiger partial charge in [-0.05, 0) is 24.5 Å². The Morgan fingerprint density at radius 3 is 2.50 bits per heavy atom. The van der Waals surface area contributed by atoms with Gasteiger partial charge in [-0.2, -0.15) is 13.2 Å². The zero-order valence-corrected chi connectivity index (χ0v) is 11.7. The van der Waals surface area contributed by atoms with E-state index in [9.17, 15) is 22.8 Å². The predicted octanol–water partition coefficient (Wildman–Crippen LogP) is 2.78. The number of allylic oxidation sites excluding steroid dienone is 1. The Morgan fingerprint density at radius 1 is 1.32 bits per heavy atom. The molecule has 0 spiro atoms. The highest BCUT2D eigenvalue weighted by atomic mass is 19.4. The van der Waals surface area contributed by atoms with E-state index in [2.05, 4.69) is 11.9 Å². The number of carboxylic acid groups (broad SMARTS) is 1. The molecule has 1 aromatic rings. The maximum absolute atomic E-state index is 12.8. The van der Waals surface area contributed by atoms with E-state index >= 15 is 0 Å². The number of benzene rings is 1. The molecule has 0 saturated heterocycles. The smallest absolute Gasteiger partial charge is 0.416 e. The quantitative estimate of drug-likeness (QED) is 0.760. The third-order valence-corrected chi connectivity index (χ3v) is 2.97. The molecule has 0 saturated carbocycles. The number of nitrogens with one attached hydrogen (secondary N) is 1. The number of hydrogen-bond donors (Lipinski definition) is 2. The number of aliphatic carboxylic acids is 1. The lowest BCUT2D eigenvalue weighted by atomic mass is 10.0. The lowest BCUT2D eigenvalue weighted by molar-refractivity contribution is -0.142. The van der Waals surface area contributed by atoms with Crippen molar-refractivity contribution < 1.29 is 27.9 Å². The molecule has 7 heteroatoms. The molecule has 0 aliphatic carbocycles. The van der Waals surface area contributed by atoms with Crippen molar-refractivity contribution in [3.63, 3.8) is 0 Å². The third-order valence-electron chi connectivity index (χ3n) is 2.97. The molecule has 0 radical (unpaired) electrons. The average molecular weight is 315 g/mol. The molecule has 2 N–H and O–H groups in total. The van der Waals surface area contributed by atoms with Gasteiger partial charge in [-0.3, -0.25) is 4.79 Å². The standard InChI is InChI=1S/C15H16F3NO3/c1-2-3-8-12(14(21)22)19-13(20)9-10-6-4-5-7-11(10)15(16,17)18/h2,4-7,12H,1,3,8-9H2,(H,19,20)(H,21,22). The van der Waals surface area contributed by atoms with Gasteiger partial charge in [0, 0.05) is 0 Å². The molecule has 4 nitrogen and oxygen atoms in total. The van der Waals surface area contributed by atoms with E-state index in [1.165, 1.54) is 24.3 Å². The Kier molecular flexibility index (Phi) is 6.15. The summed E-state index contributed by atoms with van der Waals surface area (Å²) in [5.74, 6) is -2.01. The topological polar surface area (TPSA) is 66.4 Å². The van der Waals surface area contributed by atoms with Gasteiger partial charge in [0.25, 0.3) is 0 Å². The summed E-state index contributed by atoms with van der Waals surface area (Å²) in [6.07, 6.45) is -3.09. The fourth-order valence-corrected chi connectivity index (χ4v) is 1.91. The predicted molar refractivity (Wildman–Crippen MR) is 74.1 cm³/mol. The third kappa shape index (κ3) is 5.23. The average Bonchev–Trinajstić information content (AvgIpc) is 2.42. The summed E-state index contributed by atoms with van der Waals surface area (Å²) < 4.78 is 38.5. The highest BCUT2D eigenvalue weighted by Crippen LogP contribution is 2.31. The van der Waals surface area contributed by atoms with Crippen LogP contribution in [-0.2, 0) is 22.2 Å². The maximum atomic E-state index is 12.8. The van der Waals surface area contributed by atoms with Crippen LogP contribution in [0, 0.1) is 0 Å². The Balaban J connectivity index is 2.80. The molecule has 22 heavy (non-hydrogen) atoms. The number of amides is 1. The molecule has 0 aliphatic heterocycles. The molecule has 0 bridgehead atoms. The maximum Gasteiger partial charge on any atom is 0.416 e. The molecular weight excluding hydrogens is 299 g/mol. The van der Waals surface area contributed by atoms with Crippen molar-refractivity contribution in [2.75, 3.05) is 0 Å². The Labute approximate surface area is 125 Å². The summed E-state index contributed by atoms with van der Waals surface area (Å²) in [5.41, 5.74) is -1.09. The van der Waals surface area contributed by atoms with Crippen molar-refractivity contribution in [1.82, 2.24) is 5.32 Å². The number of carboxylic acids is 1. The van der Waals surface area contributed by atoms with Gasteiger partial charge in [0.2, 0.25) is 5.91 Å². The van der Waals surface area contributed by atoms with Crippen LogP contribution in [0.5, 0.6) is 0 Å². The first kappa shape index (κ1) is 17.7. The van der Waals surface area contributed by atoms with Crippen LogP contribution in [0.1, 0.15) is 24.0 Å². The van der Waals surface area contributed by atoms with Crippen LogP contribution in [0.25, 0.3) is 0 Å². The first-order chi connectivity index (χ1) is 10.3. The molecule has 1 aromatic carbocycles. The largest absolute Gasteiger partial charge is 0.480 e. The second-order valence-corrected chi connectivity index (χ2v) is 4.66. The normalized spacial score (nSPS) is 12.5. The van der Waals surface area contributed by atoms with E-state index in [1.807, 2.05) is 0 Å². The van der Waals surface area contributed by atoms with Crippen LogP contribution in [-0.4, -0.2) is 23.0 Å². The van der Waals surface area contributed by atoms with Gasteiger partial charge in [0.15, 0.2) is 0 Å². The summed E-state index contributed by atoms with van der Waals surface area (Å²) in [7, 11) is 0. The molecule has 1 unspecified atom stereocenters. The van der Waals surface area contributed by atoms with Gasteiger partial charge >= 0.3 is 12.1 Å². The van der Waals surface area contributed by atoms with E-state index in [0.717, 1.165) is 6.07 Å². The molecule has 1 atom stereocenters. The van der Waals surface area contributed by atoms with Crippen LogP contribution < -0.4 is 5.32 Å². The molecular formula is C15H16F3NO3. The van der Waals surface area contributed by atoms with Crippen molar-refractivity contribution in [2.24, 2.45) is 0 Å². The van der Waals surface area contributed by atoms with E-state index in [-0.39, 0.29) is 12.0 Å². The molecule has 0 aliphatic rings. The number of hydrogen-bond acceptors (Lipinski definition) is 2. The van der Waals surface area contributed by atoms with Crippen molar-refractivity contribution in [3.8, 4) is 0 Å². The number of carbonyl (C=O) groups excluding carboxylic acids is 1. The van der Waals surface area contributed by atoms with Gasteiger partial charge in [-0.1, -0.05) is 24.3 Å². The van der Waals surface area contributed by atoms with Gasteiger partial charge in [-0.15, -0.1) is 6.58 Å². The Hall–Kier alpha value is -2.31. The van der Waals surface area contributed by atoms with Crippen molar-refractivity contribution >= 4 is 11.9 Å². The fourth-order valence-electron chi connectivity index (χ4n) is 1.91. The molecule has 0 fully saturated rings. The molecule has 0 heterocycles. The monoisotopic (exact) mass is 315 g/mol. The lowest BCUT2D eigenvalue weighted by Gasteiger charge is -2.15. The minimum atomic E-state index is -4.56. The number of rotatable bonds is 7. The molecule has 120 valence electrons. The second-order valence-electron chi connectivity index (χ2n) is 4.66. The molecule has 1 amide bonds. The lowest BCUT2D eigenvalue weighted by Crippen LogP contribution is -2.41. The minimum Gasteiger partial charge on any atom is -0.480 e. The molecule has 0 aromatic heterocycles. The number of alkyl halides is 3. The summed E-state index contributed by atoms with van der Waals surface area (Å²) in [6.45, 7) is 3.45. The van der Waals surface area contributed by atoms with Gasteiger partial charge in [-0.25, -0.2) is 4.79 Å². The van der Waals surface area contributed by atoms with Crippen LogP contribution in [0.4, 0.5) is 13.2 Å². The van der Waals surface area contributed by atoms with Crippen LogP contribution in [0.3, 0.4) is 0 Å². The van der Waals surface area contributed by atoms with Gasteiger partial charge < -0.3 is 10.4 Å². The van der Waals surface area contributed by atoms with E-state index in [4.69, 9.17) is 5.11 Å².